The lowest BCUT2D eigenvalue weighted by Crippen LogP contribution is -2.16. The molecule has 3 N–H and O–H groups in total. The molecule has 1 aromatic rings. The van der Waals surface area contributed by atoms with Gasteiger partial charge in [-0.2, -0.15) is 0 Å². The first-order valence-electron chi connectivity index (χ1n) is 3.35. The highest BCUT2D eigenvalue weighted by molar-refractivity contribution is 5.94. The van der Waals surface area contributed by atoms with Crippen LogP contribution < -0.4 is 10.7 Å². The predicted molar refractivity (Wildman–Crippen MR) is 43.3 cm³/mol. The lowest BCUT2D eigenvalue weighted by atomic mass is 10.2. The Labute approximate surface area is 73.5 Å². The zero-order chi connectivity index (χ0) is 9.84. The molecule has 0 spiro atoms. The molecule has 0 atom stereocenters. The molecule has 0 bridgehead atoms. The summed E-state index contributed by atoms with van der Waals surface area (Å²) in [6.45, 7) is 0. The molecule has 6 heteroatoms. The van der Waals surface area contributed by atoms with Gasteiger partial charge in [0.15, 0.2) is 0 Å². The molecule has 1 aromatic carbocycles. The van der Waals surface area contributed by atoms with Gasteiger partial charge in [-0.1, -0.05) is 0 Å². The van der Waals surface area contributed by atoms with Crippen LogP contribution in [0.4, 0.5) is 5.69 Å². The molecule has 13 heavy (non-hydrogen) atoms. The van der Waals surface area contributed by atoms with E-state index in [1.54, 1.807) is 0 Å². The van der Waals surface area contributed by atoms with Gasteiger partial charge in [0.25, 0.3) is 0 Å². The summed E-state index contributed by atoms with van der Waals surface area (Å²) < 4.78 is 0. The quantitative estimate of drug-likeness (QED) is 0.580. The topological polar surface area (TPSA) is 95.9 Å². The molecule has 0 unspecified atom stereocenters. The highest BCUT2D eigenvalue weighted by atomic mass is 16.8. The fourth-order valence-corrected chi connectivity index (χ4v) is 0.805. The zero-order valence-corrected chi connectivity index (χ0v) is 6.47. The summed E-state index contributed by atoms with van der Waals surface area (Å²) in [5.74, 6) is -0.769. The van der Waals surface area contributed by atoms with Gasteiger partial charge in [-0.25, -0.2) is 0 Å². The SMILES string of the molecule is O=C(N[O-])c1ccc(N(O)O)cc1. The summed E-state index contributed by atoms with van der Waals surface area (Å²) in [4.78, 5) is 10.7. The number of carbonyl (C=O) groups is 1. The third-order valence-corrected chi connectivity index (χ3v) is 1.45. The number of carbonyl (C=O) groups excluding carboxylic acids is 1. The summed E-state index contributed by atoms with van der Waals surface area (Å²) in [5.41, 5.74) is 1.46. The second-order valence-electron chi connectivity index (χ2n) is 2.27. The van der Waals surface area contributed by atoms with Gasteiger partial charge < -0.3 is 10.7 Å². The van der Waals surface area contributed by atoms with Gasteiger partial charge in [0.2, 0.25) is 5.91 Å². The number of hydrogen-bond acceptors (Lipinski definition) is 5. The van der Waals surface area contributed by atoms with Crippen LogP contribution in [0.25, 0.3) is 0 Å². The largest absolute Gasteiger partial charge is 0.759 e. The number of anilines is 1. The van der Waals surface area contributed by atoms with E-state index < -0.39 is 5.91 Å². The van der Waals surface area contributed by atoms with Crippen molar-refractivity contribution in [1.82, 2.24) is 5.48 Å². The Bertz CT molecular complexity index is 296. The monoisotopic (exact) mass is 183 g/mol. The summed E-state index contributed by atoms with van der Waals surface area (Å²) in [5, 5.41) is 26.9. The minimum atomic E-state index is -0.769. The molecule has 0 heterocycles. The minimum absolute atomic E-state index is 0.0844. The summed E-state index contributed by atoms with van der Waals surface area (Å²) in [6.07, 6.45) is 0. The summed E-state index contributed by atoms with van der Waals surface area (Å²) in [6, 6.07) is 5.15. The standard InChI is InChI=1S/C7H7N2O4/c10-7(8-11)5-1-3-6(4-2-5)9(12)13/h1-4,12-13H,(H-,8,10,11)/q-1. The van der Waals surface area contributed by atoms with Crippen molar-refractivity contribution in [3.8, 4) is 0 Å². The molecule has 0 aliphatic rings. The fourth-order valence-electron chi connectivity index (χ4n) is 0.805. The molecule has 0 aromatic heterocycles. The van der Waals surface area contributed by atoms with E-state index in [1.165, 1.54) is 29.7 Å². The van der Waals surface area contributed by atoms with E-state index in [1.807, 2.05) is 0 Å². The number of rotatable bonds is 2. The molecule has 0 aliphatic carbocycles. The highest BCUT2D eigenvalue weighted by Gasteiger charge is 2.02. The molecule has 0 aliphatic heterocycles. The van der Waals surface area contributed by atoms with Crippen molar-refractivity contribution in [1.29, 1.82) is 0 Å². The van der Waals surface area contributed by atoms with Crippen LogP contribution in [-0.4, -0.2) is 16.3 Å². The van der Waals surface area contributed by atoms with Crippen LogP contribution in [0.15, 0.2) is 24.3 Å². The van der Waals surface area contributed by atoms with Crippen molar-refractivity contribution in [2.75, 3.05) is 5.23 Å². The Morgan fingerprint density at radius 1 is 1.31 bits per heavy atom. The van der Waals surface area contributed by atoms with Crippen LogP contribution in [0.1, 0.15) is 10.4 Å². The van der Waals surface area contributed by atoms with E-state index in [0.29, 0.717) is 0 Å². The van der Waals surface area contributed by atoms with Gasteiger partial charge in [0, 0.05) is 5.56 Å². The van der Waals surface area contributed by atoms with Crippen molar-refractivity contribution in [3.63, 3.8) is 0 Å². The molecule has 1 rings (SSSR count). The van der Waals surface area contributed by atoms with Crippen molar-refractivity contribution in [2.24, 2.45) is 0 Å². The first-order chi connectivity index (χ1) is 6.15. The second kappa shape index (κ2) is 3.85. The van der Waals surface area contributed by atoms with Gasteiger partial charge in [-0.3, -0.25) is 15.2 Å². The smallest absolute Gasteiger partial charge is 0.240 e. The first kappa shape index (κ1) is 9.46. The lowest BCUT2D eigenvalue weighted by molar-refractivity contribution is 0.0291. The maximum atomic E-state index is 10.7. The van der Waals surface area contributed by atoms with Crippen molar-refractivity contribution >= 4 is 11.6 Å². The van der Waals surface area contributed by atoms with Crippen LogP contribution in [0.3, 0.4) is 0 Å². The number of nitrogens with zero attached hydrogens (tertiary/aromatic N) is 1. The van der Waals surface area contributed by atoms with Gasteiger partial charge in [-0.05, 0) is 24.3 Å². The van der Waals surface area contributed by atoms with Crippen molar-refractivity contribution < 1.29 is 15.2 Å². The fraction of sp³-hybridized carbons (Fsp3) is 0. The van der Waals surface area contributed by atoms with E-state index in [9.17, 15) is 10.0 Å². The average Bonchev–Trinajstić information content (AvgIpc) is 2.17. The Kier molecular flexibility index (Phi) is 2.80. The Hall–Kier alpha value is -1.63. The molecule has 0 saturated carbocycles. The second-order valence-corrected chi connectivity index (χ2v) is 2.27. The molecular weight excluding hydrogens is 176 g/mol. The Morgan fingerprint density at radius 3 is 2.23 bits per heavy atom. The van der Waals surface area contributed by atoms with Gasteiger partial charge in [0.1, 0.15) is 0 Å². The van der Waals surface area contributed by atoms with Crippen molar-refractivity contribution in [2.45, 2.75) is 0 Å². The first-order valence-corrected chi connectivity index (χ1v) is 3.35. The number of nitrogens with one attached hydrogen (secondary N) is 1. The van der Waals surface area contributed by atoms with E-state index in [-0.39, 0.29) is 16.5 Å². The summed E-state index contributed by atoms with van der Waals surface area (Å²) >= 11 is 0. The van der Waals surface area contributed by atoms with Gasteiger partial charge in [0.05, 0.1) is 5.69 Å². The maximum absolute atomic E-state index is 10.7. The van der Waals surface area contributed by atoms with Gasteiger partial charge >= 0.3 is 0 Å². The molecule has 0 saturated heterocycles. The molecular formula is C7H7N2O4-. The van der Waals surface area contributed by atoms with Crippen LogP contribution in [-0.2, 0) is 0 Å². The third-order valence-electron chi connectivity index (χ3n) is 1.45. The number of hydrogen-bond donors (Lipinski definition) is 3. The van der Waals surface area contributed by atoms with E-state index >= 15 is 0 Å². The van der Waals surface area contributed by atoms with Gasteiger partial charge in [-0.15, -0.1) is 5.23 Å². The zero-order valence-electron chi connectivity index (χ0n) is 6.47. The number of amides is 1. The normalized spacial score (nSPS) is 9.46. The Morgan fingerprint density at radius 2 is 1.85 bits per heavy atom. The van der Waals surface area contributed by atoms with E-state index in [4.69, 9.17) is 10.4 Å². The number of hydroxylamine groups is 1. The van der Waals surface area contributed by atoms with Crippen LogP contribution in [0.5, 0.6) is 0 Å². The lowest BCUT2D eigenvalue weighted by Gasteiger charge is -2.09. The van der Waals surface area contributed by atoms with Crippen LogP contribution in [0.2, 0.25) is 0 Å². The van der Waals surface area contributed by atoms with Crippen LogP contribution >= 0.6 is 0 Å². The summed E-state index contributed by atoms with van der Waals surface area (Å²) in [7, 11) is 0. The maximum Gasteiger partial charge on any atom is 0.240 e. The number of benzene rings is 1. The molecule has 0 radical (unpaired) electrons. The van der Waals surface area contributed by atoms with Crippen LogP contribution in [0, 0.1) is 5.21 Å². The molecule has 0 fully saturated rings. The Balaban J connectivity index is 2.87. The average molecular weight is 183 g/mol. The predicted octanol–water partition coefficient (Wildman–Crippen LogP) is 0.499. The van der Waals surface area contributed by atoms with E-state index in [0.717, 1.165) is 0 Å². The molecule has 1 amide bonds. The minimum Gasteiger partial charge on any atom is -0.759 e. The molecule has 6 nitrogen and oxygen atoms in total. The van der Waals surface area contributed by atoms with Crippen molar-refractivity contribution in [3.05, 3.63) is 35.0 Å². The molecule has 70 valence electrons. The highest BCUT2D eigenvalue weighted by Crippen LogP contribution is 2.11. The third kappa shape index (κ3) is 2.15. The van der Waals surface area contributed by atoms with E-state index in [2.05, 4.69) is 0 Å².